The fraction of sp³-hybridized carbons (Fsp3) is 0.615. The average Bonchev–Trinajstić information content (AvgIpc) is 2.40. The zero-order valence-corrected chi connectivity index (χ0v) is 11.3. The van der Waals surface area contributed by atoms with Crippen LogP contribution in [0.1, 0.15) is 39.2 Å². The zero-order valence-electron chi connectivity index (χ0n) is 10.5. The molecule has 0 radical (unpaired) electrons. The van der Waals surface area contributed by atoms with Crippen molar-refractivity contribution in [1.29, 1.82) is 0 Å². The molecule has 1 aromatic rings. The predicted molar refractivity (Wildman–Crippen MR) is 69.7 cm³/mol. The standard InChI is InChI=1S/C13H19ClN2O/c1-8-5-12(2,3)7-13(8,17)10-4-9(14)6-16-11(10)15/h4,6,8,17H,5,7H2,1-3H3,(H2,15,16). The van der Waals surface area contributed by atoms with Crippen LogP contribution >= 0.6 is 11.6 Å². The van der Waals surface area contributed by atoms with E-state index in [1.807, 2.05) is 0 Å². The van der Waals surface area contributed by atoms with Crippen molar-refractivity contribution in [2.75, 3.05) is 5.73 Å². The maximum atomic E-state index is 10.9. The van der Waals surface area contributed by atoms with Gasteiger partial charge in [0.15, 0.2) is 0 Å². The number of nitrogens with two attached hydrogens (primary N) is 1. The van der Waals surface area contributed by atoms with Crippen molar-refractivity contribution in [1.82, 2.24) is 4.98 Å². The molecule has 3 nitrogen and oxygen atoms in total. The smallest absolute Gasteiger partial charge is 0.129 e. The van der Waals surface area contributed by atoms with Gasteiger partial charge in [0.05, 0.1) is 10.6 Å². The Balaban J connectivity index is 2.48. The molecule has 1 aromatic heterocycles. The lowest BCUT2D eigenvalue weighted by molar-refractivity contribution is -0.000350. The monoisotopic (exact) mass is 254 g/mol. The van der Waals surface area contributed by atoms with Crippen LogP contribution in [0.2, 0.25) is 5.02 Å². The molecule has 1 fully saturated rings. The number of rotatable bonds is 1. The normalized spacial score (nSPS) is 31.7. The molecule has 2 rings (SSSR count). The number of anilines is 1. The van der Waals surface area contributed by atoms with Crippen molar-refractivity contribution in [3.05, 3.63) is 22.8 Å². The molecule has 0 spiro atoms. The zero-order chi connectivity index (χ0) is 12.8. The summed E-state index contributed by atoms with van der Waals surface area (Å²) in [7, 11) is 0. The molecule has 17 heavy (non-hydrogen) atoms. The molecule has 2 atom stereocenters. The molecule has 94 valence electrons. The van der Waals surface area contributed by atoms with Gasteiger partial charge in [-0.3, -0.25) is 0 Å². The van der Waals surface area contributed by atoms with Crippen molar-refractivity contribution in [2.45, 2.75) is 39.2 Å². The molecular weight excluding hydrogens is 236 g/mol. The molecule has 4 heteroatoms. The van der Waals surface area contributed by atoms with E-state index < -0.39 is 5.60 Å². The molecule has 1 aliphatic carbocycles. The number of pyridine rings is 1. The fourth-order valence-corrected chi connectivity index (χ4v) is 3.29. The van der Waals surface area contributed by atoms with Crippen LogP contribution < -0.4 is 5.73 Å². The Morgan fingerprint density at radius 3 is 2.71 bits per heavy atom. The third-order valence-corrected chi connectivity index (χ3v) is 3.98. The number of nitrogen functional groups attached to an aromatic ring is 1. The van der Waals surface area contributed by atoms with Gasteiger partial charge in [-0.25, -0.2) is 4.98 Å². The summed E-state index contributed by atoms with van der Waals surface area (Å²) in [5, 5.41) is 11.4. The molecule has 1 heterocycles. The quantitative estimate of drug-likeness (QED) is 0.810. The SMILES string of the molecule is CC1CC(C)(C)CC1(O)c1cc(Cl)cnc1N. The molecule has 0 bridgehead atoms. The Bertz CT molecular complexity index is 447. The van der Waals surface area contributed by atoms with E-state index in [0.29, 0.717) is 22.8 Å². The third-order valence-electron chi connectivity index (χ3n) is 3.77. The largest absolute Gasteiger partial charge is 0.385 e. The molecule has 0 aliphatic heterocycles. The van der Waals surface area contributed by atoms with Gasteiger partial charge in [0, 0.05) is 11.8 Å². The summed E-state index contributed by atoms with van der Waals surface area (Å²) in [5.74, 6) is 0.529. The second kappa shape index (κ2) is 3.85. The summed E-state index contributed by atoms with van der Waals surface area (Å²) in [6, 6.07) is 1.74. The van der Waals surface area contributed by atoms with Gasteiger partial charge < -0.3 is 10.8 Å². The first-order chi connectivity index (χ1) is 7.74. The first kappa shape index (κ1) is 12.7. The Morgan fingerprint density at radius 2 is 2.18 bits per heavy atom. The summed E-state index contributed by atoms with van der Waals surface area (Å²) in [6.45, 7) is 6.38. The van der Waals surface area contributed by atoms with Crippen molar-refractivity contribution >= 4 is 17.4 Å². The summed E-state index contributed by atoms with van der Waals surface area (Å²) < 4.78 is 0. The van der Waals surface area contributed by atoms with Crippen LogP contribution in [0.25, 0.3) is 0 Å². The minimum atomic E-state index is -0.911. The third kappa shape index (κ3) is 2.14. The highest BCUT2D eigenvalue weighted by molar-refractivity contribution is 6.30. The van der Waals surface area contributed by atoms with Gasteiger partial charge >= 0.3 is 0 Å². The van der Waals surface area contributed by atoms with Gasteiger partial charge in [-0.1, -0.05) is 32.4 Å². The van der Waals surface area contributed by atoms with Crippen LogP contribution in [0, 0.1) is 11.3 Å². The highest BCUT2D eigenvalue weighted by atomic mass is 35.5. The van der Waals surface area contributed by atoms with E-state index in [9.17, 15) is 5.11 Å². The van der Waals surface area contributed by atoms with E-state index in [1.54, 1.807) is 6.07 Å². The van der Waals surface area contributed by atoms with Crippen LogP contribution in [0.4, 0.5) is 5.82 Å². The van der Waals surface area contributed by atoms with Gasteiger partial charge in [-0.2, -0.15) is 0 Å². The van der Waals surface area contributed by atoms with Gasteiger partial charge in [0.25, 0.3) is 0 Å². The maximum Gasteiger partial charge on any atom is 0.129 e. The van der Waals surface area contributed by atoms with Gasteiger partial charge in [0.1, 0.15) is 5.82 Å². The van der Waals surface area contributed by atoms with Gasteiger partial charge in [0.2, 0.25) is 0 Å². The van der Waals surface area contributed by atoms with Gasteiger partial charge in [-0.05, 0) is 30.2 Å². The molecule has 2 unspecified atom stereocenters. The first-order valence-corrected chi connectivity index (χ1v) is 6.26. The molecule has 3 N–H and O–H groups in total. The van der Waals surface area contributed by atoms with Crippen molar-refractivity contribution in [3.63, 3.8) is 0 Å². The van der Waals surface area contributed by atoms with Crippen LogP contribution in [-0.2, 0) is 5.60 Å². The Morgan fingerprint density at radius 1 is 1.53 bits per heavy atom. The molecular formula is C13H19ClN2O. The van der Waals surface area contributed by atoms with Crippen molar-refractivity contribution in [2.24, 2.45) is 11.3 Å². The highest BCUT2D eigenvalue weighted by Crippen LogP contribution is 2.53. The van der Waals surface area contributed by atoms with Crippen LogP contribution in [-0.4, -0.2) is 10.1 Å². The average molecular weight is 255 g/mol. The predicted octanol–water partition coefficient (Wildman–Crippen LogP) is 2.96. The topological polar surface area (TPSA) is 59.1 Å². The number of aromatic nitrogens is 1. The van der Waals surface area contributed by atoms with Crippen molar-refractivity contribution in [3.8, 4) is 0 Å². The lowest BCUT2D eigenvalue weighted by atomic mass is 9.84. The van der Waals surface area contributed by atoms with Crippen molar-refractivity contribution < 1.29 is 5.11 Å². The molecule has 0 amide bonds. The van der Waals surface area contributed by atoms with E-state index in [-0.39, 0.29) is 11.3 Å². The first-order valence-electron chi connectivity index (χ1n) is 5.88. The molecule has 0 aromatic carbocycles. The molecule has 1 saturated carbocycles. The molecule has 1 aliphatic rings. The van der Waals surface area contributed by atoms with E-state index in [2.05, 4.69) is 25.8 Å². The van der Waals surface area contributed by atoms with E-state index in [1.165, 1.54) is 6.20 Å². The number of aliphatic hydroxyl groups is 1. The lowest BCUT2D eigenvalue weighted by Crippen LogP contribution is -2.30. The van der Waals surface area contributed by atoms with Crippen LogP contribution in [0.5, 0.6) is 0 Å². The number of nitrogens with zero attached hydrogens (tertiary/aromatic N) is 1. The summed E-state index contributed by atoms with van der Waals surface area (Å²) in [6.07, 6.45) is 3.16. The second-order valence-corrected chi connectivity index (χ2v) is 6.39. The minimum Gasteiger partial charge on any atom is -0.385 e. The van der Waals surface area contributed by atoms with E-state index >= 15 is 0 Å². The number of hydrogen-bond acceptors (Lipinski definition) is 3. The minimum absolute atomic E-state index is 0.114. The lowest BCUT2D eigenvalue weighted by Gasteiger charge is -2.29. The van der Waals surface area contributed by atoms with Crippen LogP contribution in [0.3, 0.4) is 0 Å². The summed E-state index contributed by atoms with van der Waals surface area (Å²) >= 11 is 5.95. The Hall–Kier alpha value is -0.800. The Labute approximate surface area is 107 Å². The van der Waals surface area contributed by atoms with E-state index in [4.69, 9.17) is 17.3 Å². The number of halogens is 1. The number of hydrogen-bond donors (Lipinski definition) is 2. The Kier molecular flexibility index (Phi) is 2.87. The van der Waals surface area contributed by atoms with Crippen LogP contribution in [0.15, 0.2) is 12.3 Å². The summed E-state index contributed by atoms with van der Waals surface area (Å²) in [4.78, 5) is 4.04. The fourth-order valence-electron chi connectivity index (χ4n) is 3.13. The maximum absolute atomic E-state index is 10.9. The molecule has 0 saturated heterocycles. The van der Waals surface area contributed by atoms with E-state index in [0.717, 1.165) is 6.42 Å². The van der Waals surface area contributed by atoms with Gasteiger partial charge in [-0.15, -0.1) is 0 Å². The highest BCUT2D eigenvalue weighted by Gasteiger charge is 2.49. The summed E-state index contributed by atoms with van der Waals surface area (Å²) in [5.41, 5.74) is 5.75. The second-order valence-electron chi connectivity index (χ2n) is 5.96.